The Hall–Kier alpha value is -1.80. The van der Waals surface area contributed by atoms with Crippen LogP contribution in [0.15, 0.2) is 46.9 Å². The zero-order valence-corrected chi connectivity index (χ0v) is 9.03. The highest BCUT2D eigenvalue weighted by Gasteiger charge is 2.10. The van der Waals surface area contributed by atoms with E-state index in [1.165, 1.54) is 0 Å². The van der Waals surface area contributed by atoms with Crippen molar-refractivity contribution in [1.82, 2.24) is 4.98 Å². The fourth-order valence-electron chi connectivity index (χ4n) is 1.69. The summed E-state index contributed by atoms with van der Waals surface area (Å²) in [6.07, 6.45) is 2.45. The number of halogens is 1. The van der Waals surface area contributed by atoms with Gasteiger partial charge in [0.05, 0.1) is 5.02 Å². The maximum Gasteiger partial charge on any atom is 0.284 e. The quantitative estimate of drug-likeness (QED) is 0.630. The van der Waals surface area contributed by atoms with Gasteiger partial charge >= 0.3 is 0 Å². The Kier molecular flexibility index (Phi) is 2.15. The summed E-state index contributed by atoms with van der Waals surface area (Å²) in [7, 11) is 0. The summed E-state index contributed by atoms with van der Waals surface area (Å²) >= 11 is 6.27. The second-order valence-corrected chi connectivity index (χ2v) is 3.82. The molecule has 0 bridgehead atoms. The highest BCUT2D eigenvalue weighted by molar-refractivity contribution is 6.37. The first kappa shape index (κ1) is 9.43. The number of oxazole rings is 1. The van der Waals surface area contributed by atoms with Gasteiger partial charge in [-0.2, -0.15) is 0 Å². The highest BCUT2D eigenvalue weighted by Crippen LogP contribution is 2.33. The molecule has 3 rings (SSSR count). The predicted molar refractivity (Wildman–Crippen MR) is 63.3 cm³/mol. The molecule has 0 spiro atoms. The van der Waals surface area contributed by atoms with Gasteiger partial charge in [0.15, 0.2) is 5.58 Å². The average molecular weight is 229 g/mol. The summed E-state index contributed by atoms with van der Waals surface area (Å²) in [5, 5.41) is 0.605. The monoisotopic (exact) mass is 228 g/mol. The van der Waals surface area contributed by atoms with Crippen LogP contribution < -0.4 is 0 Å². The Morgan fingerprint density at radius 3 is 2.69 bits per heavy atom. The lowest BCUT2D eigenvalue weighted by Gasteiger charge is -2.03. The molecule has 0 N–H and O–H groups in total. The third kappa shape index (κ3) is 1.39. The molecule has 0 saturated heterocycles. The van der Waals surface area contributed by atoms with Crippen molar-refractivity contribution in [2.45, 2.75) is 0 Å². The van der Waals surface area contributed by atoms with Crippen LogP contribution in [0.1, 0.15) is 0 Å². The SMILES string of the molecule is Clc1c(-c2ccccc2)ccc2o[c]nc12. The van der Waals surface area contributed by atoms with Crippen molar-refractivity contribution in [2.75, 3.05) is 0 Å². The summed E-state index contributed by atoms with van der Waals surface area (Å²) in [4.78, 5) is 3.98. The van der Waals surface area contributed by atoms with Crippen LogP contribution in [0.3, 0.4) is 0 Å². The summed E-state index contributed by atoms with van der Waals surface area (Å²) in [5.41, 5.74) is 3.34. The van der Waals surface area contributed by atoms with Gasteiger partial charge in [-0.1, -0.05) is 41.9 Å². The van der Waals surface area contributed by atoms with E-state index in [0.29, 0.717) is 16.1 Å². The molecule has 77 valence electrons. The van der Waals surface area contributed by atoms with Crippen LogP contribution in [0.25, 0.3) is 22.2 Å². The number of aromatic nitrogens is 1. The molecule has 2 aromatic carbocycles. The van der Waals surface area contributed by atoms with Crippen LogP contribution >= 0.6 is 11.6 Å². The highest BCUT2D eigenvalue weighted by atomic mass is 35.5. The van der Waals surface area contributed by atoms with E-state index in [9.17, 15) is 0 Å². The van der Waals surface area contributed by atoms with Crippen LogP contribution in [-0.4, -0.2) is 4.98 Å². The maximum absolute atomic E-state index is 6.27. The first-order valence-electron chi connectivity index (χ1n) is 4.87. The molecule has 0 unspecified atom stereocenters. The van der Waals surface area contributed by atoms with Crippen molar-refractivity contribution in [2.24, 2.45) is 0 Å². The zero-order valence-electron chi connectivity index (χ0n) is 8.27. The van der Waals surface area contributed by atoms with E-state index in [1.807, 2.05) is 42.5 Å². The second-order valence-electron chi connectivity index (χ2n) is 3.45. The normalized spacial score (nSPS) is 10.8. The number of nitrogens with zero attached hydrogens (tertiary/aromatic N) is 1. The standard InChI is InChI=1S/C13H7ClNO/c14-12-10(9-4-2-1-3-5-9)6-7-11-13(12)15-8-16-11/h1-7H. The predicted octanol–water partition coefficient (Wildman–Crippen LogP) is 3.95. The van der Waals surface area contributed by atoms with Crippen molar-refractivity contribution >= 4 is 22.7 Å². The molecule has 0 amide bonds. The molecule has 0 aliphatic heterocycles. The van der Waals surface area contributed by atoms with E-state index in [4.69, 9.17) is 16.0 Å². The Morgan fingerprint density at radius 1 is 1.06 bits per heavy atom. The Morgan fingerprint density at radius 2 is 1.88 bits per heavy atom. The van der Waals surface area contributed by atoms with Gasteiger partial charge in [0.1, 0.15) is 5.52 Å². The zero-order chi connectivity index (χ0) is 11.0. The van der Waals surface area contributed by atoms with Crippen molar-refractivity contribution < 1.29 is 4.42 Å². The number of fused-ring (bicyclic) bond motifs is 1. The maximum atomic E-state index is 6.27. The van der Waals surface area contributed by atoms with Gasteiger partial charge in [0, 0.05) is 5.56 Å². The molecule has 16 heavy (non-hydrogen) atoms. The lowest BCUT2D eigenvalue weighted by Crippen LogP contribution is -1.80. The van der Waals surface area contributed by atoms with Gasteiger partial charge in [0.25, 0.3) is 6.39 Å². The molecule has 2 nitrogen and oxygen atoms in total. The topological polar surface area (TPSA) is 26.0 Å². The van der Waals surface area contributed by atoms with Crippen molar-refractivity contribution in [3.63, 3.8) is 0 Å². The van der Waals surface area contributed by atoms with Gasteiger partial charge in [-0.3, -0.25) is 0 Å². The fourth-order valence-corrected chi connectivity index (χ4v) is 2.00. The molecule has 0 aliphatic rings. The third-order valence-corrected chi connectivity index (χ3v) is 2.86. The fraction of sp³-hybridized carbons (Fsp3) is 0. The van der Waals surface area contributed by atoms with Crippen LogP contribution in [0, 0.1) is 6.39 Å². The van der Waals surface area contributed by atoms with Crippen molar-refractivity contribution in [3.8, 4) is 11.1 Å². The minimum atomic E-state index is 0.605. The molecule has 1 aromatic heterocycles. The molecule has 3 aromatic rings. The number of hydrogen-bond donors (Lipinski definition) is 0. The van der Waals surface area contributed by atoms with E-state index in [1.54, 1.807) is 0 Å². The largest absolute Gasteiger partial charge is 0.432 e. The molecule has 0 fully saturated rings. The van der Waals surface area contributed by atoms with E-state index in [-0.39, 0.29) is 0 Å². The van der Waals surface area contributed by atoms with Gasteiger partial charge in [-0.05, 0) is 17.7 Å². The van der Waals surface area contributed by atoms with Crippen molar-refractivity contribution in [1.29, 1.82) is 0 Å². The van der Waals surface area contributed by atoms with Crippen molar-refractivity contribution in [3.05, 3.63) is 53.9 Å². The van der Waals surface area contributed by atoms with Crippen LogP contribution in [0.5, 0.6) is 0 Å². The molecular weight excluding hydrogens is 222 g/mol. The minimum Gasteiger partial charge on any atom is -0.432 e. The van der Waals surface area contributed by atoms with E-state index in [0.717, 1.165) is 11.1 Å². The molecule has 0 saturated carbocycles. The van der Waals surface area contributed by atoms with E-state index in [2.05, 4.69) is 11.4 Å². The first-order chi connectivity index (χ1) is 7.86. The third-order valence-electron chi connectivity index (χ3n) is 2.48. The van der Waals surface area contributed by atoms with Gasteiger partial charge in [-0.25, -0.2) is 4.98 Å². The number of benzene rings is 2. The van der Waals surface area contributed by atoms with Gasteiger partial charge in [0.2, 0.25) is 0 Å². The molecule has 0 aliphatic carbocycles. The summed E-state index contributed by atoms with van der Waals surface area (Å²) in [6, 6.07) is 13.7. The summed E-state index contributed by atoms with van der Waals surface area (Å²) in [5.74, 6) is 0. The van der Waals surface area contributed by atoms with Gasteiger partial charge in [-0.15, -0.1) is 0 Å². The molecule has 0 atom stereocenters. The number of rotatable bonds is 1. The summed E-state index contributed by atoms with van der Waals surface area (Å²) in [6.45, 7) is 0. The second kappa shape index (κ2) is 3.65. The van der Waals surface area contributed by atoms with E-state index >= 15 is 0 Å². The van der Waals surface area contributed by atoms with Crippen LogP contribution in [-0.2, 0) is 0 Å². The average Bonchev–Trinajstić information content (AvgIpc) is 2.80. The molecular formula is C13H7ClNO. The van der Waals surface area contributed by atoms with E-state index < -0.39 is 0 Å². The first-order valence-corrected chi connectivity index (χ1v) is 5.24. The molecule has 1 radical (unpaired) electrons. The lowest BCUT2D eigenvalue weighted by molar-refractivity contribution is 0.591. The molecule has 1 heterocycles. The van der Waals surface area contributed by atoms with Crippen LogP contribution in [0.4, 0.5) is 0 Å². The molecule has 3 heteroatoms. The summed E-state index contributed by atoms with van der Waals surface area (Å²) < 4.78 is 5.07. The Balaban J connectivity index is 2.28. The smallest absolute Gasteiger partial charge is 0.284 e. The minimum absolute atomic E-state index is 0.605. The van der Waals surface area contributed by atoms with Gasteiger partial charge < -0.3 is 4.42 Å². The Bertz CT molecular complexity index is 631. The number of hydrogen-bond acceptors (Lipinski definition) is 2. The Labute approximate surface area is 97.5 Å². The van der Waals surface area contributed by atoms with Crippen LogP contribution in [0.2, 0.25) is 5.02 Å². The lowest BCUT2D eigenvalue weighted by atomic mass is 10.1.